The van der Waals surface area contributed by atoms with E-state index in [9.17, 15) is 9.59 Å². The number of nitrogens with zero attached hydrogens (tertiary/aromatic N) is 2. The molecule has 0 radical (unpaired) electrons. The molecule has 1 heterocycles. The molecule has 1 N–H and O–H groups in total. The van der Waals surface area contributed by atoms with Gasteiger partial charge in [-0.3, -0.25) is 9.69 Å². The van der Waals surface area contributed by atoms with Gasteiger partial charge in [-0.1, -0.05) is 44.2 Å². The van der Waals surface area contributed by atoms with E-state index in [0.717, 1.165) is 19.6 Å². The molecule has 156 valence electrons. The smallest absolute Gasteiger partial charge is 0.408 e. The maximum Gasteiger partial charge on any atom is 0.408 e. The third-order valence-electron chi connectivity index (χ3n) is 4.63. The average molecular weight is 390 g/mol. The highest BCUT2D eigenvalue weighted by Gasteiger charge is 2.30. The fraction of sp³-hybridized carbons (Fsp3) is 0.636. The number of carbonyl (C=O) groups excluding carboxylic acids is 2. The zero-order valence-corrected chi connectivity index (χ0v) is 17.9. The van der Waals surface area contributed by atoms with Crippen LogP contribution in [0.2, 0.25) is 0 Å². The van der Waals surface area contributed by atoms with Crippen LogP contribution >= 0.6 is 0 Å². The van der Waals surface area contributed by atoms with Crippen molar-refractivity contribution in [3.63, 3.8) is 0 Å². The van der Waals surface area contributed by atoms with E-state index >= 15 is 0 Å². The van der Waals surface area contributed by atoms with Crippen molar-refractivity contribution in [1.29, 1.82) is 0 Å². The Morgan fingerprint density at radius 1 is 1.07 bits per heavy atom. The molecule has 1 fully saturated rings. The molecule has 2 rings (SSSR count). The third kappa shape index (κ3) is 7.50. The SMILES string of the molecule is CC(C)C[C@H](NC(=O)OC(C)(C)C)C(=O)N1CCN(Cc2ccccc2)CC1. The summed E-state index contributed by atoms with van der Waals surface area (Å²) in [6.07, 6.45) is 0.0664. The van der Waals surface area contributed by atoms with Gasteiger partial charge in [0.1, 0.15) is 11.6 Å². The van der Waals surface area contributed by atoms with E-state index in [1.807, 2.05) is 43.9 Å². The Bertz CT molecular complexity index is 632. The molecule has 2 amide bonds. The predicted molar refractivity (Wildman–Crippen MR) is 111 cm³/mol. The molecule has 28 heavy (non-hydrogen) atoms. The lowest BCUT2D eigenvalue weighted by molar-refractivity contribution is -0.135. The van der Waals surface area contributed by atoms with Crippen LogP contribution in [-0.4, -0.2) is 59.6 Å². The van der Waals surface area contributed by atoms with Gasteiger partial charge in [0.2, 0.25) is 5.91 Å². The van der Waals surface area contributed by atoms with Crippen molar-refractivity contribution in [2.45, 2.75) is 59.2 Å². The second-order valence-corrected chi connectivity index (χ2v) is 8.92. The highest BCUT2D eigenvalue weighted by Crippen LogP contribution is 2.14. The first kappa shape index (κ1) is 22.2. The summed E-state index contributed by atoms with van der Waals surface area (Å²) in [5, 5.41) is 2.79. The van der Waals surface area contributed by atoms with Crippen molar-refractivity contribution in [2.24, 2.45) is 5.92 Å². The zero-order valence-electron chi connectivity index (χ0n) is 17.9. The number of piperazine rings is 1. The molecule has 0 bridgehead atoms. The van der Waals surface area contributed by atoms with Gasteiger partial charge in [0.05, 0.1) is 0 Å². The van der Waals surface area contributed by atoms with Gasteiger partial charge in [-0.2, -0.15) is 0 Å². The van der Waals surface area contributed by atoms with E-state index < -0.39 is 17.7 Å². The molecule has 0 aromatic heterocycles. The lowest BCUT2D eigenvalue weighted by Gasteiger charge is -2.37. The fourth-order valence-corrected chi connectivity index (χ4v) is 3.33. The Balaban J connectivity index is 1.90. The second kappa shape index (κ2) is 9.92. The molecule has 0 aliphatic carbocycles. The number of ether oxygens (including phenoxy) is 1. The van der Waals surface area contributed by atoms with E-state index in [-0.39, 0.29) is 5.91 Å². The zero-order chi connectivity index (χ0) is 20.7. The van der Waals surface area contributed by atoms with Gasteiger partial charge in [-0.05, 0) is 38.7 Å². The summed E-state index contributed by atoms with van der Waals surface area (Å²) in [4.78, 5) is 29.4. The molecule has 1 aromatic rings. The lowest BCUT2D eigenvalue weighted by Crippen LogP contribution is -2.55. The van der Waals surface area contributed by atoms with Crippen LogP contribution in [0.4, 0.5) is 4.79 Å². The summed E-state index contributed by atoms with van der Waals surface area (Å²) in [6, 6.07) is 9.83. The average Bonchev–Trinajstić information content (AvgIpc) is 2.60. The summed E-state index contributed by atoms with van der Waals surface area (Å²) in [5.41, 5.74) is 0.699. The number of benzene rings is 1. The Hall–Kier alpha value is -2.08. The first-order valence-electron chi connectivity index (χ1n) is 10.2. The van der Waals surface area contributed by atoms with Crippen LogP contribution in [0.5, 0.6) is 0 Å². The lowest BCUT2D eigenvalue weighted by atomic mass is 10.0. The minimum atomic E-state index is -0.585. The largest absolute Gasteiger partial charge is 0.444 e. The van der Waals surface area contributed by atoms with E-state index in [1.54, 1.807) is 0 Å². The van der Waals surface area contributed by atoms with Crippen LogP contribution in [0.1, 0.15) is 46.6 Å². The van der Waals surface area contributed by atoms with Crippen LogP contribution in [0.15, 0.2) is 30.3 Å². The number of amides is 2. The molecule has 6 heteroatoms. The van der Waals surface area contributed by atoms with Crippen molar-refractivity contribution in [3.05, 3.63) is 35.9 Å². The number of hydrogen-bond donors (Lipinski definition) is 1. The molecule has 1 aliphatic rings. The summed E-state index contributed by atoms with van der Waals surface area (Å²) in [6.45, 7) is 13.5. The van der Waals surface area contributed by atoms with Gasteiger partial charge in [-0.25, -0.2) is 4.79 Å². The monoisotopic (exact) mass is 389 g/mol. The highest BCUT2D eigenvalue weighted by molar-refractivity contribution is 5.85. The number of hydrogen-bond acceptors (Lipinski definition) is 4. The van der Waals surface area contributed by atoms with Crippen molar-refractivity contribution < 1.29 is 14.3 Å². The van der Waals surface area contributed by atoms with E-state index in [1.165, 1.54) is 5.56 Å². The Kier molecular flexibility index (Phi) is 7.87. The topological polar surface area (TPSA) is 61.9 Å². The molecule has 6 nitrogen and oxygen atoms in total. The van der Waals surface area contributed by atoms with Crippen molar-refractivity contribution >= 4 is 12.0 Å². The van der Waals surface area contributed by atoms with Crippen LogP contribution in [0.3, 0.4) is 0 Å². The molecule has 0 saturated carbocycles. The van der Waals surface area contributed by atoms with Crippen molar-refractivity contribution in [1.82, 2.24) is 15.1 Å². The Morgan fingerprint density at radius 2 is 1.68 bits per heavy atom. The van der Waals surface area contributed by atoms with E-state index in [0.29, 0.717) is 25.4 Å². The molecular formula is C22H35N3O3. The fourth-order valence-electron chi connectivity index (χ4n) is 3.33. The van der Waals surface area contributed by atoms with E-state index in [2.05, 4.69) is 36.2 Å². The molecule has 1 saturated heterocycles. The van der Waals surface area contributed by atoms with E-state index in [4.69, 9.17) is 4.74 Å². The summed E-state index contributed by atoms with van der Waals surface area (Å²) >= 11 is 0. The van der Waals surface area contributed by atoms with Crippen LogP contribution in [0, 0.1) is 5.92 Å². The molecule has 1 aromatic carbocycles. The number of nitrogens with one attached hydrogen (secondary N) is 1. The number of carbonyl (C=O) groups is 2. The summed E-state index contributed by atoms with van der Waals surface area (Å²) < 4.78 is 5.34. The van der Waals surface area contributed by atoms with Gasteiger partial charge in [0.15, 0.2) is 0 Å². The quantitative estimate of drug-likeness (QED) is 0.811. The van der Waals surface area contributed by atoms with Gasteiger partial charge in [0, 0.05) is 32.7 Å². The normalized spacial score (nSPS) is 16.7. The Morgan fingerprint density at radius 3 is 2.21 bits per heavy atom. The van der Waals surface area contributed by atoms with Gasteiger partial charge < -0.3 is 15.0 Å². The third-order valence-corrected chi connectivity index (χ3v) is 4.63. The minimum Gasteiger partial charge on any atom is -0.444 e. The summed E-state index contributed by atoms with van der Waals surface area (Å²) in [7, 11) is 0. The first-order valence-corrected chi connectivity index (χ1v) is 10.2. The van der Waals surface area contributed by atoms with Crippen molar-refractivity contribution in [2.75, 3.05) is 26.2 Å². The van der Waals surface area contributed by atoms with Crippen LogP contribution in [0.25, 0.3) is 0 Å². The molecule has 1 atom stereocenters. The maximum atomic E-state index is 13.0. The first-order chi connectivity index (χ1) is 13.1. The standard InChI is InChI=1S/C22H35N3O3/c1-17(2)15-19(23-21(27)28-22(3,4)5)20(26)25-13-11-24(12-14-25)16-18-9-7-6-8-10-18/h6-10,17,19H,11-16H2,1-5H3,(H,23,27)/t19-/m0/s1. The number of alkyl carbamates (subject to hydrolysis) is 1. The van der Waals surface area contributed by atoms with Gasteiger partial charge in [-0.15, -0.1) is 0 Å². The molecule has 0 spiro atoms. The van der Waals surface area contributed by atoms with Crippen molar-refractivity contribution in [3.8, 4) is 0 Å². The molecule has 1 aliphatic heterocycles. The van der Waals surface area contributed by atoms with Gasteiger partial charge in [0.25, 0.3) is 0 Å². The predicted octanol–water partition coefficient (Wildman–Crippen LogP) is 3.27. The minimum absolute atomic E-state index is 0.0149. The van der Waals surface area contributed by atoms with Crippen LogP contribution < -0.4 is 5.32 Å². The van der Waals surface area contributed by atoms with Crippen LogP contribution in [-0.2, 0) is 16.1 Å². The van der Waals surface area contributed by atoms with Gasteiger partial charge >= 0.3 is 6.09 Å². The molecular weight excluding hydrogens is 354 g/mol. The summed E-state index contributed by atoms with van der Waals surface area (Å²) in [5.74, 6) is 0.280. The maximum absolute atomic E-state index is 13.0. The number of rotatable bonds is 6. The Labute approximate surface area is 169 Å². The second-order valence-electron chi connectivity index (χ2n) is 8.92. The highest BCUT2D eigenvalue weighted by atomic mass is 16.6. The molecule has 0 unspecified atom stereocenters.